The second-order valence-electron chi connectivity index (χ2n) is 10.4. The third-order valence-electron chi connectivity index (χ3n) is 8.04. The maximum absolute atomic E-state index is 13.0. The molecular formula is C30H31N3O4. The van der Waals surface area contributed by atoms with E-state index in [1.807, 2.05) is 12.1 Å². The standard InChI is InChI=1S/C30H31N3O4/c1-19-6-4-10-25(22-8-3-2-7-21(19)22)32-16-20(17-32)14-15-37-27-11-5-9-23-24(27)18-33(30(23)36)26-12-13-28(34)31-29(26)35/h2-5,7-11,20-21,26H,1,6,12-18H2,(H,31,34,35). The van der Waals surface area contributed by atoms with Gasteiger partial charge in [0.2, 0.25) is 11.8 Å². The van der Waals surface area contributed by atoms with Crippen LogP contribution in [0.25, 0.3) is 0 Å². The molecule has 37 heavy (non-hydrogen) atoms. The molecule has 2 aliphatic carbocycles. The van der Waals surface area contributed by atoms with Gasteiger partial charge in [-0.25, -0.2) is 0 Å². The SMILES string of the molecule is C=C1CC=CC(N2CC(CCOc3cccc4c3CN(C3CCC(=O)NC3=O)C4=O)C2)=C2C=CC=CC12. The number of rotatable bonds is 6. The fourth-order valence-corrected chi connectivity index (χ4v) is 5.95. The van der Waals surface area contributed by atoms with E-state index in [2.05, 4.69) is 53.3 Å². The zero-order valence-electron chi connectivity index (χ0n) is 20.8. The van der Waals surface area contributed by atoms with E-state index in [0.29, 0.717) is 42.7 Å². The summed E-state index contributed by atoms with van der Waals surface area (Å²) in [6.45, 7) is 7.18. The third kappa shape index (κ3) is 4.32. The van der Waals surface area contributed by atoms with Crippen molar-refractivity contribution in [1.29, 1.82) is 0 Å². The van der Waals surface area contributed by atoms with Crippen molar-refractivity contribution in [1.82, 2.24) is 15.1 Å². The molecule has 2 saturated heterocycles. The molecule has 2 unspecified atom stereocenters. The quantitative estimate of drug-likeness (QED) is 0.479. The van der Waals surface area contributed by atoms with Crippen molar-refractivity contribution in [2.24, 2.45) is 11.8 Å². The number of nitrogens with zero attached hydrogens (tertiary/aromatic N) is 2. The maximum atomic E-state index is 13.0. The highest BCUT2D eigenvalue weighted by molar-refractivity contribution is 6.05. The Bertz CT molecular complexity index is 1300. The first-order chi connectivity index (χ1) is 18.0. The van der Waals surface area contributed by atoms with Gasteiger partial charge in [0, 0.05) is 42.3 Å². The van der Waals surface area contributed by atoms with Gasteiger partial charge >= 0.3 is 0 Å². The molecule has 2 atom stereocenters. The van der Waals surface area contributed by atoms with Crippen LogP contribution >= 0.6 is 0 Å². The monoisotopic (exact) mass is 497 g/mol. The minimum absolute atomic E-state index is 0.178. The molecule has 3 heterocycles. The summed E-state index contributed by atoms with van der Waals surface area (Å²) < 4.78 is 6.17. The molecule has 3 amide bonds. The molecule has 1 aromatic carbocycles. The summed E-state index contributed by atoms with van der Waals surface area (Å²) in [6, 6.07) is 4.89. The summed E-state index contributed by atoms with van der Waals surface area (Å²) in [5.74, 6) is 0.683. The highest BCUT2D eigenvalue weighted by atomic mass is 16.5. The molecule has 0 radical (unpaired) electrons. The van der Waals surface area contributed by atoms with Gasteiger partial charge in [-0.2, -0.15) is 0 Å². The Hall–Kier alpha value is -3.87. The van der Waals surface area contributed by atoms with Crippen LogP contribution < -0.4 is 10.1 Å². The van der Waals surface area contributed by atoms with Crippen LogP contribution in [0.3, 0.4) is 0 Å². The number of hydrogen-bond acceptors (Lipinski definition) is 5. The molecule has 7 heteroatoms. The molecule has 3 aliphatic heterocycles. The van der Waals surface area contributed by atoms with Crippen LogP contribution in [0.1, 0.15) is 41.6 Å². The Morgan fingerprint density at radius 1 is 1.11 bits per heavy atom. The predicted molar refractivity (Wildman–Crippen MR) is 139 cm³/mol. The molecule has 1 aromatic rings. The van der Waals surface area contributed by atoms with Gasteiger partial charge in [0.05, 0.1) is 13.2 Å². The number of fused-ring (bicyclic) bond motifs is 2. The molecule has 5 aliphatic rings. The molecule has 1 N–H and O–H groups in total. The van der Waals surface area contributed by atoms with Crippen LogP contribution in [0, 0.1) is 11.8 Å². The van der Waals surface area contributed by atoms with Gasteiger partial charge in [-0.1, -0.05) is 48.6 Å². The number of piperidine rings is 1. The van der Waals surface area contributed by atoms with Crippen LogP contribution in [0.15, 0.2) is 78.1 Å². The average molecular weight is 498 g/mol. The van der Waals surface area contributed by atoms with Crippen molar-refractivity contribution in [3.05, 3.63) is 89.2 Å². The Morgan fingerprint density at radius 3 is 2.81 bits per heavy atom. The number of carbonyl (C=O) groups is 3. The molecular weight excluding hydrogens is 466 g/mol. The van der Waals surface area contributed by atoms with E-state index in [9.17, 15) is 14.4 Å². The summed E-state index contributed by atoms with van der Waals surface area (Å²) >= 11 is 0. The van der Waals surface area contributed by atoms with Gasteiger partial charge in [0.15, 0.2) is 0 Å². The molecule has 0 spiro atoms. The first-order valence-corrected chi connectivity index (χ1v) is 13.1. The van der Waals surface area contributed by atoms with Gasteiger partial charge in [-0.3, -0.25) is 19.7 Å². The molecule has 0 saturated carbocycles. The number of ether oxygens (including phenoxy) is 1. The highest BCUT2D eigenvalue weighted by Gasteiger charge is 2.40. The van der Waals surface area contributed by atoms with E-state index in [1.165, 1.54) is 16.8 Å². The Morgan fingerprint density at radius 2 is 1.97 bits per heavy atom. The number of allylic oxidation sites excluding steroid dienone is 8. The summed E-state index contributed by atoms with van der Waals surface area (Å²) in [4.78, 5) is 40.9. The van der Waals surface area contributed by atoms with Crippen molar-refractivity contribution >= 4 is 17.7 Å². The Labute approximate surface area is 216 Å². The van der Waals surface area contributed by atoms with E-state index in [1.54, 1.807) is 11.0 Å². The van der Waals surface area contributed by atoms with Crippen LogP contribution in [0.4, 0.5) is 0 Å². The Kier molecular flexibility index (Phi) is 6.07. The number of nitrogens with one attached hydrogen (secondary N) is 1. The van der Waals surface area contributed by atoms with Gasteiger partial charge in [-0.05, 0) is 49.0 Å². The van der Waals surface area contributed by atoms with E-state index in [0.717, 1.165) is 31.5 Å². The molecule has 7 nitrogen and oxygen atoms in total. The first-order valence-electron chi connectivity index (χ1n) is 13.1. The second-order valence-corrected chi connectivity index (χ2v) is 10.4. The van der Waals surface area contributed by atoms with Crippen LogP contribution in [0.5, 0.6) is 5.75 Å². The van der Waals surface area contributed by atoms with E-state index < -0.39 is 11.9 Å². The van der Waals surface area contributed by atoms with Crippen LogP contribution in [0.2, 0.25) is 0 Å². The number of imide groups is 1. The summed E-state index contributed by atoms with van der Waals surface area (Å²) in [5, 5.41) is 2.35. The van der Waals surface area contributed by atoms with Crippen molar-refractivity contribution in [3.8, 4) is 5.75 Å². The molecule has 2 fully saturated rings. The average Bonchev–Trinajstić information content (AvgIpc) is 3.11. The number of hydrogen-bond donors (Lipinski definition) is 1. The first kappa shape index (κ1) is 23.5. The lowest BCUT2D eigenvalue weighted by Gasteiger charge is -2.43. The lowest BCUT2D eigenvalue weighted by Crippen LogP contribution is -2.52. The number of carbonyl (C=O) groups excluding carboxylic acids is 3. The summed E-state index contributed by atoms with van der Waals surface area (Å²) in [7, 11) is 0. The van der Waals surface area contributed by atoms with Crippen LogP contribution in [-0.4, -0.2) is 53.3 Å². The summed E-state index contributed by atoms with van der Waals surface area (Å²) in [6.07, 6.45) is 15.6. The largest absolute Gasteiger partial charge is 0.493 e. The predicted octanol–water partition coefficient (Wildman–Crippen LogP) is 3.66. The molecule has 0 aromatic heterocycles. The minimum atomic E-state index is -0.619. The van der Waals surface area contributed by atoms with Gasteiger partial charge in [-0.15, -0.1) is 0 Å². The fraction of sp³-hybridized carbons (Fsp3) is 0.367. The van der Waals surface area contributed by atoms with Crippen molar-refractivity contribution in [2.45, 2.75) is 38.3 Å². The molecule has 6 rings (SSSR count). The zero-order chi connectivity index (χ0) is 25.5. The van der Waals surface area contributed by atoms with Crippen molar-refractivity contribution < 1.29 is 19.1 Å². The number of likely N-dealkylation sites (tertiary alicyclic amines) is 1. The lowest BCUT2D eigenvalue weighted by atomic mass is 9.86. The van der Waals surface area contributed by atoms with Crippen molar-refractivity contribution in [3.63, 3.8) is 0 Å². The Balaban J connectivity index is 1.06. The smallest absolute Gasteiger partial charge is 0.255 e. The molecule has 190 valence electrons. The van der Waals surface area contributed by atoms with E-state index in [4.69, 9.17) is 4.74 Å². The van der Waals surface area contributed by atoms with Crippen LogP contribution in [-0.2, 0) is 16.1 Å². The molecule has 0 bridgehead atoms. The number of benzene rings is 1. The zero-order valence-corrected chi connectivity index (χ0v) is 20.8. The van der Waals surface area contributed by atoms with Crippen molar-refractivity contribution in [2.75, 3.05) is 19.7 Å². The van der Waals surface area contributed by atoms with Gasteiger partial charge in [0.25, 0.3) is 5.91 Å². The van der Waals surface area contributed by atoms with Gasteiger partial charge < -0.3 is 14.5 Å². The third-order valence-corrected chi connectivity index (χ3v) is 8.04. The highest BCUT2D eigenvalue weighted by Crippen LogP contribution is 2.37. The minimum Gasteiger partial charge on any atom is -0.493 e. The number of amides is 3. The second kappa shape index (κ2) is 9.54. The fourth-order valence-electron chi connectivity index (χ4n) is 5.95. The topological polar surface area (TPSA) is 79.0 Å². The normalized spacial score (nSPS) is 25.2. The lowest BCUT2D eigenvalue weighted by molar-refractivity contribution is -0.136. The van der Waals surface area contributed by atoms with Gasteiger partial charge in [0.1, 0.15) is 11.8 Å². The summed E-state index contributed by atoms with van der Waals surface area (Å²) in [5.41, 5.74) is 5.27. The maximum Gasteiger partial charge on any atom is 0.255 e. The van der Waals surface area contributed by atoms with E-state index >= 15 is 0 Å². The van der Waals surface area contributed by atoms with E-state index in [-0.39, 0.29) is 18.2 Å².